The summed E-state index contributed by atoms with van der Waals surface area (Å²) in [7, 11) is 0. The molecule has 1 fully saturated rings. The van der Waals surface area contributed by atoms with Gasteiger partial charge in [-0.3, -0.25) is 9.69 Å². The molecule has 0 aliphatic carbocycles. The van der Waals surface area contributed by atoms with Crippen LogP contribution >= 0.6 is 0 Å². The Labute approximate surface area is 157 Å². The van der Waals surface area contributed by atoms with Crippen molar-refractivity contribution in [1.82, 2.24) is 9.80 Å². The van der Waals surface area contributed by atoms with Crippen molar-refractivity contribution in [3.8, 4) is 0 Å². The highest BCUT2D eigenvalue weighted by Gasteiger charge is 2.44. The van der Waals surface area contributed by atoms with Gasteiger partial charge < -0.3 is 14.7 Å². The number of nitrogens with zero attached hydrogens (tertiary/aromatic N) is 2. The highest BCUT2D eigenvalue weighted by atomic mass is 16.5. The molecule has 1 aliphatic rings. The lowest BCUT2D eigenvalue weighted by Gasteiger charge is -2.38. The fourth-order valence-electron chi connectivity index (χ4n) is 1.25. The molecule has 0 unspecified atom stereocenters. The molecule has 6 heteroatoms. The molecule has 0 aromatic carbocycles. The molecule has 1 aliphatic heterocycles. The zero-order chi connectivity index (χ0) is 35.2. The van der Waals surface area contributed by atoms with Gasteiger partial charge in [0, 0.05) is 24.7 Å². The van der Waals surface area contributed by atoms with E-state index in [4.69, 9.17) is 30.2 Å². The number of hydrogen-bond acceptors (Lipinski definition) is 3. The molecule has 21 heavy (non-hydrogen) atoms. The normalized spacial score (nSPS) is 46.0. The Morgan fingerprint density at radius 3 is 3.10 bits per heavy atom. The second kappa shape index (κ2) is 6.05. The molecular weight excluding hydrogens is 272 g/mol. The fourth-order valence-corrected chi connectivity index (χ4v) is 1.25. The number of rotatable bonds is 4. The lowest BCUT2D eigenvalue weighted by molar-refractivity contribution is -0.147. The van der Waals surface area contributed by atoms with Gasteiger partial charge in [0.15, 0.2) is 0 Å². The van der Waals surface area contributed by atoms with Crippen molar-refractivity contribution in [3.05, 3.63) is 12.6 Å². The number of amides is 2. The van der Waals surface area contributed by atoms with Crippen LogP contribution in [-0.4, -0.2) is 57.2 Å². The summed E-state index contributed by atoms with van der Waals surface area (Å²) in [5.41, 5.74) is -8.54. The van der Waals surface area contributed by atoms with Crippen LogP contribution in [0, 0.1) is 0 Å². The average molecular weight is 321 g/mol. The van der Waals surface area contributed by atoms with Crippen LogP contribution in [0.15, 0.2) is 12.6 Å². The van der Waals surface area contributed by atoms with Gasteiger partial charge in [-0.05, 0) is 40.7 Å². The maximum atomic E-state index is 14.0. The number of carbonyl (C=O) groups excluding carboxylic acids is 1. The first-order valence-electron chi connectivity index (χ1n) is 16.1. The minimum atomic E-state index is -4.78. The fraction of sp³-hybridized carbons (Fsp3) is 0.733. The monoisotopic (exact) mass is 320 g/mol. The molecule has 0 aromatic rings. The topological polar surface area (TPSA) is 70.1 Å². The molecule has 1 saturated heterocycles. The second-order valence-corrected chi connectivity index (χ2v) is 3.89. The van der Waals surface area contributed by atoms with Crippen LogP contribution in [0.2, 0.25) is 0 Å². The zero-order valence-corrected chi connectivity index (χ0v) is 10.6. The zero-order valence-electron chi connectivity index (χ0n) is 32.6. The van der Waals surface area contributed by atoms with E-state index in [0.717, 1.165) is 0 Å². The van der Waals surface area contributed by atoms with E-state index in [-0.39, 0.29) is 6.92 Å². The van der Waals surface area contributed by atoms with Gasteiger partial charge in [-0.1, -0.05) is 6.05 Å². The van der Waals surface area contributed by atoms with E-state index in [0.29, 0.717) is 0 Å². The maximum absolute atomic E-state index is 14.0. The van der Waals surface area contributed by atoms with Gasteiger partial charge in [0.2, 0.25) is 5.91 Å². The van der Waals surface area contributed by atoms with Crippen molar-refractivity contribution in [2.24, 2.45) is 0 Å². The van der Waals surface area contributed by atoms with Gasteiger partial charge in [-0.2, -0.15) is 0 Å². The molecule has 0 bridgehead atoms. The van der Waals surface area contributed by atoms with Crippen molar-refractivity contribution in [2.45, 2.75) is 58.0 Å². The summed E-state index contributed by atoms with van der Waals surface area (Å²) in [6, 6.07) is -6.62. The number of carboxylic acid groups (broad SMARTS) is 1. The molecule has 1 atom stereocenters. The van der Waals surface area contributed by atoms with Crippen molar-refractivity contribution in [2.75, 3.05) is 13.1 Å². The van der Waals surface area contributed by atoms with E-state index in [9.17, 15) is 14.7 Å². The quantitative estimate of drug-likeness (QED) is 0.807. The molecular formula is C15H26N2O4. The maximum Gasteiger partial charge on any atom is 0.408 e. The first kappa shape index (κ1) is 3.85. The summed E-state index contributed by atoms with van der Waals surface area (Å²) >= 11 is 0. The van der Waals surface area contributed by atoms with Gasteiger partial charge >= 0.3 is 6.09 Å². The van der Waals surface area contributed by atoms with Gasteiger partial charge in [0.25, 0.3) is 0 Å². The molecule has 120 valence electrons. The van der Waals surface area contributed by atoms with Crippen molar-refractivity contribution in [1.29, 1.82) is 0 Å². The van der Waals surface area contributed by atoms with Gasteiger partial charge in [0.05, 0.1) is 23.5 Å². The predicted molar refractivity (Wildman–Crippen MR) is 80.0 cm³/mol. The van der Waals surface area contributed by atoms with E-state index in [1.54, 1.807) is 0 Å². The van der Waals surface area contributed by atoms with E-state index < -0.39 is 98.5 Å². The van der Waals surface area contributed by atoms with Crippen LogP contribution in [0.25, 0.3) is 0 Å². The summed E-state index contributed by atoms with van der Waals surface area (Å²) in [5, 5.41) is 9.85. The van der Waals surface area contributed by atoms with E-state index in [1.807, 2.05) is 0 Å². The SMILES string of the molecule is [2H]C([2H])=C([2H])C([2H])([2H])[C@]1([2H])N(C(=O)C([2H])([2H])N(C(=O)O)C(C)(C([2H])([2H])[2H])C([2H])([2H])[2H])C(C([2H])([2H])[2H])(C([2H])([2H])[2H])OC1([2H])[2H]. The standard InChI is InChI=1S/C15H26N2O4/c1-7-8-11-10-21-15(5,6)17(11)12(18)9-16(13(19)20)14(2,3)4/h7,11H,1,8-10H2,2-6H3,(H,19,20)/t11-/m0/s1/i1D2,2D3,3D3,5D3,6D3,7D,8D2,9D2,10D2,11D. The molecule has 2 amide bonds. The first-order valence-corrected chi connectivity index (χ1v) is 5.13. The number of hydrogen-bond donors (Lipinski definition) is 1. The second-order valence-electron chi connectivity index (χ2n) is 3.89. The van der Waals surface area contributed by atoms with Crippen molar-refractivity contribution in [3.63, 3.8) is 0 Å². The van der Waals surface area contributed by atoms with Crippen LogP contribution in [0.3, 0.4) is 0 Å². The summed E-state index contributed by atoms with van der Waals surface area (Å²) in [5.74, 6) is -3.01. The van der Waals surface area contributed by atoms with Crippen LogP contribution in [0.4, 0.5) is 4.79 Å². The highest BCUT2D eigenvalue weighted by Crippen LogP contribution is 2.29. The van der Waals surface area contributed by atoms with Crippen LogP contribution in [0.1, 0.15) is 70.9 Å². The number of carbonyl (C=O) groups is 2. The van der Waals surface area contributed by atoms with Crippen molar-refractivity contribution >= 4 is 12.0 Å². The summed E-state index contributed by atoms with van der Waals surface area (Å²) in [6.07, 6.45) is -7.17. The Bertz CT molecular complexity index is 1130. The van der Waals surface area contributed by atoms with Gasteiger partial charge in [-0.25, -0.2) is 4.79 Å². The molecule has 0 radical (unpaired) electrons. The van der Waals surface area contributed by atoms with E-state index >= 15 is 0 Å². The first-order chi connectivity index (χ1) is 18.4. The van der Waals surface area contributed by atoms with Gasteiger partial charge in [0.1, 0.15) is 12.2 Å². The predicted octanol–water partition coefficient (Wildman–Crippen LogP) is 2.30. The van der Waals surface area contributed by atoms with Crippen LogP contribution in [0.5, 0.6) is 0 Å². The third-order valence-electron chi connectivity index (χ3n) is 2.06. The Kier molecular flexibility index (Phi) is 1.11. The molecule has 1 N–H and O–H groups in total. The lowest BCUT2D eigenvalue weighted by Crippen LogP contribution is -2.55. The summed E-state index contributed by atoms with van der Waals surface area (Å²) in [4.78, 5) is 24.0. The van der Waals surface area contributed by atoms with Crippen molar-refractivity contribution < 1.29 is 49.6 Å². The molecule has 0 aromatic heterocycles. The third-order valence-corrected chi connectivity index (χ3v) is 2.06. The minimum absolute atomic E-state index is 0.136. The van der Waals surface area contributed by atoms with E-state index in [1.165, 1.54) is 0 Å². The van der Waals surface area contributed by atoms with Crippen LogP contribution in [-0.2, 0) is 9.53 Å². The van der Waals surface area contributed by atoms with Gasteiger partial charge in [-0.15, -0.1) is 6.53 Å². The third kappa shape index (κ3) is 3.97. The Balaban J connectivity index is 4.59. The Morgan fingerprint density at radius 2 is 2.57 bits per heavy atom. The summed E-state index contributed by atoms with van der Waals surface area (Å²) in [6.45, 7) is -27.8. The Morgan fingerprint density at radius 1 is 1.86 bits per heavy atom. The highest BCUT2D eigenvalue weighted by molar-refractivity contribution is 5.83. The average Bonchev–Trinajstić information content (AvgIpc) is 2.94. The van der Waals surface area contributed by atoms with Crippen LogP contribution < -0.4 is 0 Å². The molecule has 0 saturated carbocycles. The van der Waals surface area contributed by atoms with E-state index in [2.05, 4.69) is 4.74 Å². The molecule has 6 nitrogen and oxygen atoms in total. The molecule has 0 spiro atoms. The number of ether oxygens (including phenoxy) is 1. The Hall–Kier alpha value is -1.56. The molecule has 1 rings (SSSR count). The smallest absolute Gasteiger partial charge is 0.408 e. The minimum Gasteiger partial charge on any atom is -0.465 e. The lowest BCUT2D eigenvalue weighted by atomic mass is 10.1. The molecule has 1 heterocycles. The summed E-state index contributed by atoms with van der Waals surface area (Å²) < 4.78 is 178. The largest absolute Gasteiger partial charge is 0.465 e.